The van der Waals surface area contributed by atoms with Crippen LogP contribution in [0.1, 0.15) is 24.2 Å². The summed E-state index contributed by atoms with van der Waals surface area (Å²) in [6, 6.07) is 14.5. The lowest BCUT2D eigenvalue weighted by molar-refractivity contribution is 0.119. The van der Waals surface area contributed by atoms with E-state index in [9.17, 15) is 0 Å². The van der Waals surface area contributed by atoms with Crippen molar-refractivity contribution in [1.29, 1.82) is 0 Å². The van der Waals surface area contributed by atoms with Crippen molar-refractivity contribution >= 4 is 16.6 Å². The smallest absolute Gasteiger partial charge is 0.0793 e. The van der Waals surface area contributed by atoms with Crippen molar-refractivity contribution in [2.24, 2.45) is 0 Å². The minimum atomic E-state index is 0.0998. The van der Waals surface area contributed by atoms with Crippen LogP contribution in [0.25, 0.3) is 10.9 Å². The Kier molecular flexibility index (Phi) is 3.88. The lowest BCUT2D eigenvalue weighted by Gasteiger charge is -2.13. The number of methoxy groups -OCH3 is 1. The molecule has 0 radical (unpaired) electrons. The first-order valence-electron chi connectivity index (χ1n) is 7.05. The second-order valence-corrected chi connectivity index (χ2v) is 5.11. The maximum absolute atomic E-state index is 5.36. The molecule has 1 heterocycles. The van der Waals surface area contributed by atoms with Crippen molar-refractivity contribution in [2.45, 2.75) is 19.6 Å². The predicted molar refractivity (Wildman–Crippen MR) is 85.3 cm³/mol. The fourth-order valence-electron chi connectivity index (χ4n) is 2.41. The van der Waals surface area contributed by atoms with E-state index in [4.69, 9.17) is 4.74 Å². The Bertz CT molecular complexity index is 735. The van der Waals surface area contributed by atoms with Gasteiger partial charge in [-0.2, -0.15) is 5.10 Å². The summed E-state index contributed by atoms with van der Waals surface area (Å²) in [5, 5.41) is 11.7. The molecule has 4 heteroatoms. The monoisotopic (exact) mass is 281 g/mol. The summed E-state index contributed by atoms with van der Waals surface area (Å²) in [5.74, 6) is 0. The van der Waals surface area contributed by atoms with Gasteiger partial charge in [0.2, 0.25) is 0 Å². The first-order chi connectivity index (χ1) is 10.3. The van der Waals surface area contributed by atoms with E-state index in [0.717, 1.165) is 23.1 Å². The molecule has 21 heavy (non-hydrogen) atoms. The molecule has 108 valence electrons. The molecule has 2 aromatic carbocycles. The number of rotatable bonds is 5. The molecule has 1 aromatic heterocycles. The molecule has 1 atom stereocenters. The van der Waals surface area contributed by atoms with Gasteiger partial charge in [-0.05, 0) is 30.2 Å². The number of nitrogens with one attached hydrogen (secondary N) is 2. The number of anilines is 1. The zero-order chi connectivity index (χ0) is 14.7. The Morgan fingerprint density at radius 2 is 2.10 bits per heavy atom. The summed E-state index contributed by atoms with van der Waals surface area (Å²) < 4.78 is 5.36. The Morgan fingerprint density at radius 3 is 2.95 bits per heavy atom. The topological polar surface area (TPSA) is 49.9 Å². The first kappa shape index (κ1) is 13.6. The summed E-state index contributed by atoms with van der Waals surface area (Å²) in [5.41, 5.74) is 4.55. The quantitative estimate of drug-likeness (QED) is 0.746. The number of benzene rings is 2. The van der Waals surface area contributed by atoms with Gasteiger partial charge in [0.05, 0.1) is 17.8 Å². The third-order valence-electron chi connectivity index (χ3n) is 3.76. The van der Waals surface area contributed by atoms with Crippen LogP contribution >= 0.6 is 0 Å². The van der Waals surface area contributed by atoms with Crippen LogP contribution in [0.3, 0.4) is 0 Å². The number of aromatic nitrogens is 2. The molecule has 0 aliphatic heterocycles. The molecular formula is C17H19N3O. The summed E-state index contributed by atoms with van der Waals surface area (Å²) in [7, 11) is 1.73. The molecule has 0 aliphatic carbocycles. The van der Waals surface area contributed by atoms with E-state index in [0.29, 0.717) is 0 Å². The van der Waals surface area contributed by atoms with E-state index < -0.39 is 0 Å². The highest BCUT2D eigenvalue weighted by Gasteiger charge is 2.05. The molecule has 3 rings (SSSR count). The lowest BCUT2D eigenvalue weighted by atomic mass is 10.1. The summed E-state index contributed by atoms with van der Waals surface area (Å²) in [6.07, 6.45) is 1.95. The van der Waals surface area contributed by atoms with Crippen LogP contribution in [0.5, 0.6) is 0 Å². The molecule has 0 spiro atoms. The number of ether oxygens (including phenoxy) is 1. The minimum Gasteiger partial charge on any atom is -0.381 e. The highest BCUT2D eigenvalue weighted by Crippen LogP contribution is 2.21. The van der Waals surface area contributed by atoms with E-state index in [-0.39, 0.29) is 6.10 Å². The summed E-state index contributed by atoms with van der Waals surface area (Å²) >= 11 is 0. The number of aromatic amines is 1. The maximum Gasteiger partial charge on any atom is 0.0793 e. The third-order valence-corrected chi connectivity index (χ3v) is 3.76. The maximum atomic E-state index is 5.36. The van der Waals surface area contributed by atoms with Gasteiger partial charge in [0.1, 0.15) is 0 Å². The van der Waals surface area contributed by atoms with Gasteiger partial charge in [-0.25, -0.2) is 0 Å². The van der Waals surface area contributed by atoms with Crippen molar-refractivity contribution in [3.8, 4) is 0 Å². The number of H-pyrrole nitrogens is 1. The molecule has 0 bridgehead atoms. The van der Waals surface area contributed by atoms with Crippen molar-refractivity contribution in [3.05, 3.63) is 59.8 Å². The molecule has 0 aliphatic rings. The van der Waals surface area contributed by atoms with Crippen LogP contribution in [-0.4, -0.2) is 17.3 Å². The average Bonchev–Trinajstić information content (AvgIpc) is 3.01. The van der Waals surface area contributed by atoms with Crippen molar-refractivity contribution in [1.82, 2.24) is 10.2 Å². The number of para-hydroxylation sites is 1. The van der Waals surface area contributed by atoms with Crippen molar-refractivity contribution in [2.75, 3.05) is 12.4 Å². The van der Waals surface area contributed by atoms with E-state index in [1.807, 2.05) is 19.2 Å². The molecule has 3 aromatic rings. The average molecular weight is 281 g/mol. The fourth-order valence-corrected chi connectivity index (χ4v) is 2.41. The highest BCUT2D eigenvalue weighted by atomic mass is 16.5. The Morgan fingerprint density at radius 1 is 1.24 bits per heavy atom. The largest absolute Gasteiger partial charge is 0.381 e. The van der Waals surface area contributed by atoms with E-state index in [1.165, 1.54) is 11.1 Å². The SMILES string of the molecule is CO[C@H](C)c1cccc(NCc2cccc3cn[nH]c23)c1. The Balaban J connectivity index is 1.77. The zero-order valence-electron chi connectivity index (χ0n) is 12.3. The van der Waals surface area contributed by atoms with E-state index >= 15 is 0 Å². The summed E-state index contributed by atoms with van der Waals surface area (Å²) in [4.78, 5) is 0. The molecule has 4 nitrogen and oxygen atoms in total. The lowest BCUT2D eigenvalue weighted by Crippen LogP contribution is -2.02. The van der Waals surface area contributed by atoms with Gasteiger partial charge >= 0.3 is 0 Å². The third kappa shape index (κ3) is 2.90. The van der Waals surface area contributed by atoms with E-state index in [2.05, 4.69) is 51.9 Å². The Labute approximate surface area is 124 Å². The van der Waals surface area contributed by atoms with Gasteiger partial charge in [-0.1, -0.05) is 30.3 Å². The number of hydrogen-bond acceptors (Lipinski definition) is 3. The van der Waals surface area contributed by atoms with Crippen LogP contribution in [0, 0.1) is 0 Å². The van der Waals surface area contributed by atoms with Gasteiger partial charge in [-0.3, -0.25) is 5.10 Å². The molecule has 0 amide bonds. The number of hydrogen-bond donors (Lipinski definition) is 2. The van der Waals surface area contributed by atoms with Gasteiger partial charge in [-0.15, -0.1) is 0 Å². The van der Waals surface area contributed by atoms with E-state index in [1.54, 1.807) is 7.11 Å². The number of fused-ring (bicyclic) bond motifs is 1. The fraction of sp³-hybridized carbons (Fsp3) is 0.235. The van der Waals surface area contributed by atoms with Crippen molar-refractivity contribution < 1.29 is 4.74 Å². The number of nitrogens with zero attached hydrogens (tertiary/aromatic N) is 1. The summed E-state index contributed by atoms with van der Waals surface area (Å²) in [6.45, 7) is 2.80. The van der Waals surface area contributed by atoms with Crippen LogP contribution in [0.15, 0.2) is 48.7 Å². The molecule has 2 N–H and O–H groups in total. The van der Waals surface area contributed by atoms with Gasteiger partial charge in [0, 0.05) is 24.7 Å². The molecule has 0 unspecified atom stereocenters. The molecule has 0 fully saturated rings. The van der Waals surface area contributed by atoms with Gasteiger partial charge in [0.25, 0.3) is 0 Å². The molecule has 0 saturated heterocycles. The first-order valence-corrected chi connectivity index (χ1v) is 7.05. The minimum absolute atomic E-state index is 0.0998. The standard InChI is InChI=1S/C17H19N3O/c1-12(21-2)13-5-4-8-16(9-13)18-10-14-6-3-7-15-11-19-20-17(14)15/h3-9,11-12,18H,10H2,1-2H3,(H,19,20)/t12-/m1/s1. The van der Waals surface area contributed by atoms with Crippen LogP contribution in [-0.2, 0) is 11.3 Å². The van der Waals surface area contributed by atoms with Crippen molar-refractivity contribution in [3.63, 3.8) is 0 Å². The zero-order valence-corrected chi connectivity index (χ0v) is 12.3. The normalized spacial score (nSPS) is 12.5. The molecular weight excluding hydrogens is 262 g/mol. The Hall–Kier alpha value is -2.33. The predicted octanol–water partition coefficient (Wildman–Crippen LogP) is 3.88. The highest BCUT2D eigenvalue weighted by molar-refractivity contribution is 5.81. The van der Waals surface area contributed by atoms with Crippen LogP contribution in [0.2, 0.25) is 0 Å². The van der Waals surface area contributed by atoms with Crippen LogP contribution < -0.4 is 5.32 Å². The van der Waals surface area contributed by atoms with Gasteiger partial charge in [0.15, 0.2) is 0 Å². The molecule has 0 saturated carbocycles. The van der Waals surface area contributed by atoms with Gasteiger partial charge < -0.3 is 10.1 Å². The second kappa shape index (κ2) is 5.97. The van der Waals surface area contributed by atoms with Crippen LogP contribution in [0.4, 0.5) is 5.69 Å². The second-order valence-electron chi connectivity index (χ2n) is 5.11.